The van der Waals surface area contributed by atoms with E-state index in [1.165, 1.54) is 22.3 Å². The first-order valence-corrected chi connectivity index (χ1v) is 9.16. The lowest BCUT2D eigenvalue weighted by molar-refractivity contribution is 0.414. The van der Waals surface area contributed by atoms with Gasteiger partial charge in [0.05, 0.1) is 19.0 Å². The van der Waals surface area contributed by atoms with Crippen LogP contribution in [0.2, 0.25) is 0 Å². The fourth-order valence-corrected chi connectivity index (χ4v) is 4.82. The van der Waals surface area contributed by atoms with Gasteiger partial charge in [-0.2, -0.15) is 0 Å². The van der Waals surface area contributed by atoms with Crippen molar-refractivity contribution < 1.29 is 9.47 Å². The molecule has 0 aliphatic carbocycles. The first-order valence-electron chi connectivity index (χ1n) is 8.17. The van der Waals surface area contributed by atoms with Gasteiger partial charge in [-0.25, -0.2) is 0 Å². The largest absolute Gasteiger partial charge is 0.497 e. The molecular weight excluding hydrogens is 316 g/mol. The van der Waals surface area contributed by atoms with Crippen molar-refractivity contribution in [3.63, 3.8) is 0 Å². The monoisotopic (exact) mass is 340 g/mol. The molecule has 0 saturated carbocycles. The van der Waals surface area contributed by atoms with E-state index in [1.807, 2.05) is 11.8 Å². The Bertz CT molecular complexity index is 682. The molecule has 0 spiro atoms. The van der Waals surface area contributed by atoms with Crippen molar-refractivity contribution in [2.24, 2.45) is 0 Å². The predicted octanol–water partition coefficient (Wildman–Crippen LogP) is 5.42. The third-order valence-electron chi connectivity index (χ3n) is 4.89. The molecule has 0 aromatic heterocycles. The third-order valence-corrected chi connectivity index (χ3v) is 6.58. The van der Waals surface area contributed by atoms with Crippen LogP contribution in [0.5, 0.6) is 11.5 Å². The molecule has 3 rings (SSSR count). The van der Waals surface area contributed by atoms with Gasteiger partial charge in [0, 0.05) is 5.75 Å². The minimum Gasteiger partial charge on any atom is -0.497 e. The number of benzene rings is 2. The van der Waals surface area contributed by atoms with Crippen LogP contribution in [0.1, 0.15) is 31.4 Å². The summed E-state index contributed by atoms with van der Waals surface area (Å²) in [4.78, 5) is 0. The lowest BCUT2D eigenvalue weighted by Gasteiger charge is -2.39. The van der Waals surface area contributed by atoms with Crippen LogP contribution in [-0.2, 0) is 4.75 Å². The van der Waals surface area contributed by atoms with E-state index in [-0.39, 0.29) is 4.75 Å². The summed E-state index contributed by atoms with van der Waals surface area (Å²) < 4.78 is 10.6. The Balaban J connectivity index is 2.09. The number of ether oxygens (including phenoxy) is 2. The van der Waals surface area contributed by atoms with E-state index in [1.54, 1.807) is 14.2 Å². The van der Waals surface area contributed by atoms with Gasteiger partial charge < -0.3 is 9.47 Å². The number of rotatable bonds is 4. The van der Waals surface area contributed by atoms with E-state index >= 15 is 0 Å². The number of hydrogen-bond donors (Lipinski definition) is 0. The molecule has 0 fully saturated rings. The standard InChI is InChI=1S/C21H24O2S/c1-15-13-21(24-14-16(15)2,17-5-9-19(22-3)10-6-17)18-7-11-20(23-4)12-8-18/h5-12H,13-14H2,1-4H3. The van der Waals surface area contributed by atoms with Gasteiger partial charge in [0.15, 0.2) is 0 Å². The molecule has 126 valence electrons. The zero-order valence-corrected chi connectivity index (χ0v) is 15.6. The smallest absolute Gasteiger partial charge is 0.118 e. The molecule has 0 saturated heterocycles. The van der Waals surface area contributed by atoms with Gasteiger partial charge in [-0.05, 0) is 55.7 Å². The van der Waals surface area contributed by atoms with E-state index in [2.05, 4.69) is 62.4 Å². The minimum atomic E-state index is -0.0534. The maximum absolute atomic E-state index is 5.33. The van der Waals surface area contributed by atoms with Crippen LogP contribution in [-0.4, -0.2) is 20.0 Å². The summed E-state index contributed by atoms with van der Waals surface area (Å²) in [6.45, 7) is 4.51. The highest BCUT2D eigenvalue weighted by atomic mass is 32.2. The predicted molar refractivity (Wildman–Crippen MR) is 102 cm³/mol. The maximum atomic E-state index is 5.33. The third kappa shape index (κ3) is 3.05. The second kappa shape index (κ2) is 6.94. The summed E-state index contributed by atoms with van der Waals surface area (Å²) in [5.74, 6) is 2.85. The zero-order chi connectivity index (χ0) is 17.2. The molecule has 0 amide bonds. The summed E-state index contributed by atoms with van der Waals surface area (Å²) in [5, 5.41) is 0. The molecule has 0 radical (unpaired) electrons. The van der Waals surface area contributed by atoms with E-state index in [4.69, 9.17) is 9.47 Å². The van der Waals surface area contributed by atoms with Crippen molar-refractivity contribution in [1.82, 2.24) is 0 Å². The first kappa shape index (κ1) is 17.0. The molecule has 2 aromatic carbocycles. The van der Waals surface area contributed by atoms with E-state index in [9.17, 15) is 0 Å². The quantitative estimate of drug-likeness (QED) is 0.692. The van der Waals surface area contributed by atoms with Crippen LogP contribution >= 0.6 is 11.8 Å². The van der Waals surface area contributed by atoms with Gasteiger partial charge in [0.25, 0.3) is 0 Å². The molecule has 2 aromatic rings. The molecule has 1 heterocycles. The molecule has 1 aliphatic rings. The van der Waals surface area contributed by atoms with Crippen LogP contribution < -0.4 is 9.47 Å². The number of thioether (sulfide) groups is 1. The Morgan fingerprint density at radius 1 is 0.750 bits per heavy atom. The van der Waals surface area contributed by atoms with Gasteiger partial charge in [0.1, 0.15) is 11.5 Å². The average molecular weight is 340 g/mol. The maximum Gasteiger partial charge on any atom is 0.118 e. The fourth-order valence-electron chi connectivity index (χ4n) is 3.19. The fraction of sp³-hybridized carbons (Fsp3) is 0.333. The Hall–Kier alpha value is -1.87. The number of hydrogen-bond acceptors (Lipinski definition) is 3. The lowest BCUT2D eigenvalue weighted by Crippen LogP contribution is -2.28. The van der Waals surface area contributed by atoms with Gasteiger partial charge in [0.2, 0.25) is 0 Å². The first-order chi connectivity index (χ1) is 11.6. The Kier molecular flexibility index (Phi) is 4.91. The summed E-state index contributed by atoms with van der Waals surface area (Å²) in [7, 11) is 3.42. The van der Waals surface area contributed by atoms with Crippen LogP contribution in [0.15, 0.2) is 59.7 Å². The van der Waals surface area contributed by atoms with Crippen molar-refractivity contribution in [1.29, 1.82) is 0 Å². The van der Waals surface area contributed by atoms with Crippen LogP contribution in [0, 0.1) is 0 Å². The Morgan fingerprint density at radius 2 is 1.21 bits per heavy atom. The van der Waals surface area contributed by atoms with Crippen molar-refractivity contribution in [3.8, 4) is 11.5 Å². The van der Waals surface area contributed by atoms with E-state index < -0.39 is 0 Å². The summed E-state index contributed by atoms with van der Waals surface area (Å²) in [6, 6.07) is 17.0. The molecule has 0 N–H and O–H groups in total. The normalized spacial score (nSPS) is 16.8. The van der Waals surface area contributed by atoms with E-state index in [0.29, 0.717) is 0 Å². The van der Waals surface area contributed by atoms with Crippen molar-refractivity contribution >= 4 is 11.8 Å². The van der Waals surface area contributed by atoms with Gasteiger partial charge in [-0.15, -0.1) is 11.8 Å². The van der Waals surface area contributed by atoms with Crippen molar-refractivity contribution in [2.75, 3.05) is 20.0 Å². The minimum absolute atomic E-state index is 0.0534. The molecule has 0 atom stereocenters. The number of allylic oxidation sites excluding steroid dienone is 1. The van der Waals surface area contributed by atoms with Gasteiger partial charge >= 0.3 is 0 Å². The van der Waals surface area contributed by atoms with Crippen LogP contribution in [0.4, 0.5) is 0 Å². The molecule has 1 aliphatic heterocycles. The summed E-state index contributed by atoms with van der Waals surface area (Å²) >= 11 is 2.02. The highest BCUT2D eigenvalue weighted by Gasteiger charge is 2.38. The van der Waals surface area contributed by atoms with Crippen molar-refractivity contribution in [3.05, 3.63) is 70.8 Å². The summed E-state index contributed by atoms with van der Waals surface area (Å²) in [6.07, 6.45) is 1.03. The van der Waals surface area contributed by atoms with Crippen LogP contribution in [0.25, 0.3) is 0 Å². The molecule has 0 unspecified atom stereocenters. The van der Waals surface area contributed by atoms with Gasteiger partial charge in [-0.3, -0.25) is 0 Å². The number of methoxy groups -OCH3 is 2. The van der Waals surface area contributed by atoms with Crippen LogP contribution in [0.3, 0.4) is 0 Å². The molecular formula is C21H24O2S. The second-order valence-corrected chi connectivity index (χ2v) is 7.58. The topological polar surface area (TPSA) is 18.5 Å². The highest BCUT2D eigenvalue weighted by molar-refractivity contribution is 8.00. The summed E-state index contributed by atoms with van der Waals surface area (Å²) in [5.41, 5.74) is 5.63. The zero-order valence-electron chi connectivity index (χ0n) is 14.8. The van der Waals surface area contributed by atoms with Crippen molar-refractivity contribution in [2.45, 2.75) is 25.0 Å². The molecule has 3 heteroatoms. The SMILES string of the molecule is COc1ccc(C2(c3ccc(OC)cc3)CC(C)=C(C)CS2)cc1. The van der Waals surface area contributed by atoms with Gasteiger partial charge in [-0.1, -0.05) is 35.4 Å². The average Bonchev–Trinajstić information content (AvgIpc) is 2.64. The molecule has 24 heavy (non-hydrogen) atoms. The second-order valence-electron chi connectivity index (χ2n) is 6.31. The van der Waals surface area contributed by atoms with E-state index in [0.717, 1.165) is 23.7 Å². The molecule has 2 nitrogen and oxygen atoms in total. The Morgan fingerprint density at radius 3 is 1.58 bits per heavy atom. The Labute approximate surface area is 148 Å². The lowest BCUT2D eigenvalue weighted by atomic mass is 9.83. The molecule has 0 bridgehead atoms. The highest BCUT2D eigenvalue weighted by Crippen LogP contribution is 2.51.